The molecule has 19 heavy (non-hydrogen) atoms. The van der Waals surface area contributed by atoms with Gasteiger partial charge >= 0.3 is 5.69 Å². The monoisotopic (exact) mass is 265 g/mol. The van der Waals surface area contributed by atoms with Crippen molar-refractivity contribution in [3.8, 4) is 0 Å². The molecule has 9 nitrogen and oxygen atoms in total. The molecule has 1 atom stereocenters. The Morgan fingerprint density at radius 1 is 1.63 bits per heavy atom. The first-order chi connectivity index (χ1) is 9.04. The van der Waals surface area contributed by atoms with Crippen LogP contribution in [-0.4, -0.2) is 29.9 Å². The molecule has 0 fully saturated rings. The Kier molecular flexibility index (Phi) is 3.45. The van der Waals surface area contributed by atoms with Gasteiger partial charge in [-0.05, 0) is 20.8 Å². The van der Waals surface area contributed by atoms with Crippen molar-refractivity contribution in [2.75, 3.05) is 5.32 Å². The summed E-state index contributed by atoms with van der Waals surface area (Å²) >= 11 is 0. The summed E-state index contributed by atoms with van der Waals surface area (Å²) in [6, 6.07) is -0.234. The van der Waals surface area contributed by atoms with Crippen LogP contribution in [0, 0.1) is 17.0 Å². The van der Waals surface area contributed by atoms with Gasteiger partial charge in [0.1, 0.15) is 17.8 Å². The molecule has 9 heteroatoms. The number of aryl methyl sites for hydroxylation is 2. The molecule has 0 spiro atoms. The van der Waals surface area contributed by atoms with E-state index in [1.807, 2.05) is 13.8 Å². The summed E-state index contributed by atoms with van der Waals surface area (Å²) in [4.78, 5) is 14.7. The Labute approximate surface area is 109 Å². The number of aromatic amines is 1. The minimum absolute atomic E-state index is 0.00628. The van der Waals surface area contributed by atoms with Crippen LogP contribution in [0.4, 0.5) is 11.5 Å². The van der Waals surface area contributed by atoms with E-state index < -0.39 is 4.92 Å². The zero-order valence-electron chi connectivity index (χ0n) is 10.9. The van der Waals surface area contributed by atoms with Gasteiger partial charge in [0.2, 0.25) is 5.82 Å². The number of nitrogens with zero attached hydrogens (tertiary/aromatic N) is 5. The summed E-state index contributed by atoms with van der Waals surface area (Å²) in [5, 5.41) is 24.8. The van der Waals surface area contributed by atoms with Crippen LogP contribution < -0.4 is 5.32 Å². The number of anilines is 1. The van der Waals surface area contributed by atoms with Crippen molar-refractivity contribution in [1.29, 1.82) is 0 Å². The number of nitrogens with one attached hydrogen (secondary N) is 2. The fraction of sp³-hybridized carbons (Fsp3) is 0.500. The van der Waals surface area contributed by atoms with Gasteiger partial charge in [0.05, 0.1) is 11.0 Å². The van der Waals surface area contributed by atoms with Crippen molar-refractivity contribution in [2.45, 2.75) is 33.4 Å². The lowest BCUT2D eigenvalue weighted by Gasteiger charge is -2.12. The van der Waals surface area contributed by atoms with Gasteiger partial charge in [-0.3, -0.25) is 15.2 Å². The fourth-order valence-electron chi connectivity index (χ4n) is 1.86. The lowest BCUT2D eigenvalue weighted by molar-refractivity contribution is -0.384. The molecular weight excluding hydrogens is 250 g/mol. The van der Waals surface area contributed by atoms with E-state index in [1.165, 1.54) is 6.33 Å². The van der Waals surface area contributed by atoms with Gasteiger partial charge in [0.25, 0.3) is 0 Å². The minimum atomic E-state index is -0.427. The molecule has 102 valence electrons. The number of rotatable bonds is 5. The Hall–Kier alpha value is -2.45. The van der Waals surface area contributed by atoms with Crippen LogP contribution in [0.3, 0.4) is 0 Å². The summed E-state index contributed by atoms with van der Waals surface area (Å²) in [6.07, 6.45) is 1.39. The van der Waals surface area contributed by atoms with Crippen molar-refractivity contribution in [1.82, 2.24) is 25.0 Å². The first-order valence-electron chi connectivity index (χ1n) is 5.88. The third-order valence-corrected chi connectivity index (χ3v) is 2.77. The number of hydrogen-bond acceptors (Lipinski definition) is 6. The summed E-state index contributed by atoms with van der Waals surface area (Å²) in [7, 11) is 0. The van der Waals surface area contributed by atoms with E-state index in [-0.39, 0.29) is 11.7 Å². The molecule has 2 aromatic heterocycles. The maximum atomic E-state index is 11.1. The molecule has 0 aromatic carbocycles. The molecule has 1 unspecified atom stereocenters. The van der Waals surface area contributed by atoms with Crippen molar-refractivity contribution >= 4 is 11.5 Å². The summed E-state index contributed by atoms with van der Waals surface area (Å²) in [5.74, 6) is 0.990. The number of nitro groups is 1. The second-order valence-electron chi connectivity index (χ2n) is 4.09. The molecular formula is C10H15N7O2. The van der Waals surface area contributed by atoms with Crippen molar-refractivity contribution in [3.05, 3.63) is 28.0 Å². The van der Waals surface area contributed by atoms with Crippen LogP contribution in [-0.2, 0) is 6.54 Å². The number of H-pyrrole nitrogens is 1. The predicted octanol–water partition coefficient (Wildman–Crippen LogP) is 1.41. The van der Waals surface area contributed by atoms with E-state index in [4.69, 9.17) is 0 Å². The van der Waals surface area contributed by atoms with Gasteiger partial charge in [0.15, 0.2) is 0 Å². The topological polar surface area (TPSA) is 115 Å². The predicted molar refractivity (Wildman–Crippen MR) is 67.7 cm³/mol. The highest BCUT2D eigenvalue weighted by Gasteiger charge is 2.26. The normalized spacial score (nSPS) is 12.4. The van der Waals surface area contributed by atoms with Crippen LogP contribution in [0.1, 0.15) is 31.4 Å². The molecule has 2 rings (SSSR count). The summed E-state index contributed by atoms with van der Waals surface area (Å²) in [6.45, 7) is 5.88. The third-order valence-electron chi connectivity index (χ3n) is 2.77. The van der Waals surface area contributed by atoms with E-state index in [2.05, 4.69) is 25.6 Å². The van der Waals surface area contributed by atoms with E-state index in [0.717, 1.165) is 0 Å². The zero-order chi connectivity index (χ0) is 14.0. The summed E-state index contributed by atoms with van der Waals surface area (Å²) < 4.78 is 1.57. The van der Waals surface area contributed by atoms with Crippen LogP contribution >= 0.6 is 0 Å². The molecule has 2 N–H and O–H groups in total. The van der Waals surface area contributed by atoms with Crippen LogP contribution in [0.15, 0.2) is 6.33 Å². The van der Waals surface area contributed by atoms with Gasteiger partial charge in [-0.2, -0.15) is 10.2 Å². The van der Waals surface area contributed by atoms with E-state index in [9.17, 15) is 10.1 Å². The van der Waals surface area contributed by atoms with E-state index in [0.29, 0.717) is 23.9 Å². The maximum Gasteiger partial charge on any atom is 0.333 e. The average molecular weight is 265 g/mol. The quantitative estimate of drug-likeness (QED) is 0.624. The molecule has 0 aliphatic heterocycles. The molecule has 0 amide bonds. The lowest BCUT2D eigenvalue weighted by Crippen LogP contribution is -2.13. The van der Waals surface area contributed by atoms with Gasteiger partial charge in [-0.1, -0.05) is 0 Å². The number of aromatic nitrogens is 5. The Morgan fingerprint density at radius 2 is 2.37 bits per heavy atom. The molecule has 2 heterocycles. The SMILES string of the molecule is CCn1nc(C)c([N+](=O)[O-])c1NC(C)c1ncn[nH]1. The smallest absolute Gasteiger partial charge is 0.333 e. The lowest BCUT2D eigenvalue weighted by atomic mass is 10.3. The Bertz CT molecular complexity index is 575. The van der Waals surface area contributed by atoms with Crippen LogP contribution in [0.25, 0.3) is 0 Å². The standard InChI is InChI=1S/C10H15N7O2/c1-4-16-10(8(17(18)19)6(2)15-16)13-7(3)9-11-5-12-14-9/h5,7,13H,4H2,1-3H3,(H,11,12,14). The minimum Gasteiger partial charge on any atom is -0.355 e. The van der Waals surface area contributed by atoms with Crippen molar-refractivity contribution in [2.24, 2.45) is 0 Å². The Balaban J connectivity index is 2.35. The fourth-order valence-corrected chi connectivity index (χ4v) is 1.86. The van der Waals surface area contributed by atoms with E-state index in [1.54, 1.807) is 11.6 Å². The van der Waals surface area contributed by atoms with Crippen molar-refractivity contribution < 1.29 is 4.92 Å². The molecule has 0 radical (unpaired) electrons. The number of hydrogen-bond donors (Lipinski definition) is 2. The van der Waals surface area contributed by atoms with Gasteiger partial charge in [-0.25, -0.2) is 9.67 Å². The molecule has 0 saturated carbocycles. The highest BCUT2D eigenvalue weighted by molar-refractivity contribution is 5.60. The largest absolute Gasteiger partial charge is 0.355 e. The first-order valence-corrected chi connectivity index (χ1v) is 5.88. The highest BCUT2D eigenvalue weighted by atomic mass is 16.6. The molecule has 0 aliphatic carbocycles. The third kappa shape index (κ3) is 2.39. The molecule has 0 aliphatic rings. The summed E-state index contributed by atoms with van der Waals surface area (Å²) in [5.41, 5.74) is 0.382. The molecule has 0 bridgehead atoms. The first kappa shape index (κ1) is 13.0. The van der Waals surface area contributed by atoms with Gasteiger partial charge < -0.3 is 5.32 Å². The second-order valence-corrected chi connectivity index (χ2v) is 4.09. The zero-order valence-corrected chi connectivity index (χ0v) is 10.9. The molecule has 0 saturated heterocycles. The average Bonchev–Trinajstić information content (AvgIpc) is 2.96. The van der Waals surface area contributed by atoms with Crippen LogP contribution in [0.2, 0.25) is 0 Å². The van der Waals surface area contributed by atoms with Gasteiger partial charge in [0, 0.05) is 6.54 Å². The molecule has 2 aromatic rings. The highest BCUT2D eigenvalue weighted by Crippen LogP contribution is 2.30. The van der Waals surface area contributed by atoms with Crippen molar-refractivity contribution in [3.63, 3.8) is 0 Å². The van der Waals surface area contributed by atoms with Gasteiger partial charge in [-0.15, -0.1) is 0 Å². The Morgan fingerprint density at radius 3 is 2.89 bits per heavy atom. The maximum absolute atomic E-state index is 11.1. The van der Waals surface area contributed by atoms with Crippen LogP contribution in [0.5, 0.6) is 0 Å². The second kappa shape index (κ2) is 5.04. The van der Waals surface area contributed by atoms with E-state index >= 15 is 0 Å².